The van der Waals surface area contributed by atoms with Crippen molar-refractivity contribution in [1.82, 2.24) is 4.90 Å². The fraction of sp³-hybridized carbons (Fsp3) is 0.710. The maximum atomic E-state index is 4.11. The van der Waals surface area contributed by atoms with Gasteiger partial charge in [-0.3, -0.25) is 6.08 Å². The van der Waals surface area contributed by atoms with E-state index in [0.29, 0.717) is 0 Å². The molecule has 0 spiro atoms. The van der Waals surface area contributed by atoms with Crippen molar-refractivity contribution in [2.75, 3.05) is 19.6 Å². The third-order valence-corrected chi connectivity index (χ3v) is 5.56. The van der Waals surface area contributed by atoms with E-state index in [1.54, 1.807) is 0 Å². The van der Waals surface area contributed by atoms with E-state index in [-0.39, 0.29) is 51.4 Å². The molecule has 0 amide bonds. The second-order valence-electron chi connectivity index (χ2n) is 8.29. The zero-order valence-electron chi connectivity index (χ0n) is 24.0. The van der Waals surface area contributed by atoms with Gasteiger partial charge >= 0.3 is 0 Å². The Balaban J connectivity index is -0.000000161. The van der Waals surface area contributed by atoms with E-state index in [4.69, 9.17) is 0 Å². The smallest absolute Gasteiger partial charge is 0 e. The molecule has 0 atom stereocenters. The molecule has 0 aliphatic heterocycles. The van der Waals surface area contributed by atoms with E-state index in [0.717, 1.165) is 13.0 Å². The Kier molecular flexibility index (Phi) is 59.6. The van der Waals surface area contributed by atoms with Crippen molar-refractivity contribution in [2.24, 2.45) is 0 Å². The molecule has 202 valence electrons. The second-order valence-corrected chi connectivity index (χ2v) is 8.29. The molecule has 0 heterocycles. The van der Waals surface area contributed by atoms with Gasteiger partial charge in [0.05, 0.1) is 0 Å². The van der Waals surface area contributed by atoms with Crippen LogP contribution in [-0.2, 0) is 21.7 Å². The van der Waals surface area contributed by atoms with E-state index < -0.39 is 0 Å². The molecule has 0 aromatic heterocycles. The molecule has 0 fully saturated rings. The fourth-order valence-corrected chi connectivity index (χ4v) is 3.61. The van der Waals surface area contributed by atoms with Crippen molar-refractivity contribution < 1.29 is 21.7 Å². The van der Waals surface area contributed by atoms with Crippen LogP contribution < -0.4 is 0 Å². The maximum Gasteiger partial charge on any atom is 0 e. The summed E-state index contributed by atoms with van der Waals surface area (Å²) in [6.07, 6.45) is 32.7. The van der Waals surface area contributed by atoms with Gasteiger partial charge in [0, 0.05) is 21.7 Å². The molecule has 0 bridgehead atoms. The maximum absolute atomic E-state index is 4.11. The molecule has 1 aliphatic rings. The Morgan fingerprint density at radius 3 is 1.24 bits per heavy atom. The van der Waals surface area contributed by atoms with Crippen LogP contribution in [-0.4, -0.2) is 24.5 Å². The molecule has 0 aromatic rings. The van der Waals surface area contributed by atoms with Gasteiger partial charge < -0.3 is 41.5 Å². The number of nitrogens with zero attached hydrogens (tertiary/aromatic N) is 1. The Bertz CT molecular complexity index is 308. The number of unbranched alkanes of at least 4 members (excludes halogenated alkanes) is 14. The predicted octanol–water partition coefficient (Wildman–Crippen LogP) is 10.5. The molecule has 33 heavy (non-hydrogen) atoms. The predicted molar refractivity (Wildman–Crippen MR) is 154 cm³/mol. The van der Waals surface area contributed by atoms with E-state index in [1.165, 1.54) is 116 Å². The summed E-state index contributed by atoms with van der Waals surface area (Å²) in [5.41, 5.74) is 0. The van der Waals surface area contributed by atoms with Crippen LogP contribution in [0.2, 0.25) is 0 Å². The van der Waals surface area contributed by atoms with Crippen molar-refractivity contribution in [2.45, 2.75) is 123 Å². The molecule has 2 heteroatoms. The van der Waals surface area contributed by atoms with Gasteiger partial charge in [0.15, 0.2) is 0 Å². The minimum absolute atomic E-state index is 0. The molecule has 1 nitrogen and oxygen atoms in total. The number of rotatable bonds is 19. The van der Waals surface area contributed by atoms with Crippen LogP contribution in [0.15, 0.2) is 18.2 Å². The Morgan fingerprint density at radius 1 is 0.636 bits per heavy atom. The van der Waals surface area contributed by atoms with Gasteiger partial charge in [0.2, 0.25) is 0 Å². The minimum Gasteiger partial charge on any atom is -0.358 e. The van der Waals surface area contributed by atoms with E-state index >= 15 is 0 Å². The molecule has 0 saturated carbocycles. The Labute approximate surface area is 229 Å². The van der Waals surface area contributed by atoms with Crippen molar-refractivity contribution >= 4 is 0 Å². The normalized spacial score (nSPS) is 10.7. The monoisotopic (exact) mass is 497 g/mol. The van der Waals surface area contributed by atoms with Gasteiger partial charge in [-0.05, 0) is 25.9 Å². The summed E-state index contributed by atoms with van der Waals surface area (Å²) in [6, 6.07) is 0. The summed E-state index contributed by atoms with van der Waals surface area (Å²) in [4.78, 5) is 2.56. The first-order valence-corrected chi connectivity index (χ1v) is 12.6. The summed E-state index contributed by atoms with van der Waals surface area (Å²) < 4.78 is 0. The summed E-state index contributed by atoms with van der Waals surface area (Å²) in [6.45, 7) is 12.2. The second kappa shape index (κ2) is 42.3. The van der Waals surface area contributed by atoms with Crippen LogP contribution in [0, 0.1) is 42.7 Å². The van der Waals surface area contributed by atoms with Crippen LogP contribution in [0.5, 0.6) is 0 Å². The van der Waals surface area contributed by atoms with Crippen molar-refractivity contribution in [1.29, 1.82) is 0 Å². The molecule has 0 radical (unpaired) electrons. The average molecular weight is 498 g/mol. The van der Waals surface area contributed by atoms with Crippen molar-refractivity contribution in [3.8, 4) is 0 Å². The fourth-order valence-electron chi connectivity index (χ4n) is 3.61. The van der Waals surface area contributed by atoms with Crippen LogP contribution in [0.25, 0.3) is 0 Å². The SMILES string of the molecule is [C-]1=CC=CC1.[CH2-]CN(CCCCCCCCCC)CCCCCCCCCC.[CH3-].[CH3-].[CH3-].[CH3-].[Ti]. The van der Waals surface area contributed by atoms with Gasteiger partial charge in [0.25, 0.3) is 0 Å². The third-order valence-electron chi connectivity index (χ3n) is 5.56. The molecule has 0 aromatic carbocycles. The van der Waals surface area contributed by atoms with E-state index in [9.17, 15) is 0 Å². The van der Waals surface area contributed by atoms with Gasteiger partial charge in [-0.25, -0.2) is 12.2 Å². The quantitative estimate of drug-likeness (QED) is 0.0974. The average Bonchev–Trinajstić information content (AvgIpc) is 3.30. The van der Waals surface area contributed by atoms with Crippen LogP contribution in [0.1, 0.15) is 123 Å². The van der Waals surface area contributed by atoms with Crippen molar-refractivity contribution in [3.63, 3.8) is 0 Å². The first-order chi connectivity index (χ1) is 13.8. The standard InChI is InChI=1S/C22H46N.C5H5.4CH3.Ti/c1-4-7-9-11-13-15-17-19-21-23(6-3)22-20-18-16-14-12-10-8-5-2;1-2-4-5-3-1;;;;;/h3-22H2,1-2H3;1-3H,4H2;4*1H3;/q6*-1;. The zero-order chi connectivity index (χ0) is 20.5. The first kappa shape index (κ1) is 46.5. The molecular formula is C31H63NTi-6. The van der Waals surface area contributed by atoms with Crippen LogP contribution >= 0.6 is 0 Å². The van der Waals surface area contributed by atoms with E-state index in [1.807, 2.05) is 12.2 Å². The van der Waals surface area contributed by atoms with Gasteiger partial charge in [-0.15, -0.1) is 13.0 Å². The number of allylic oxidation sites excluding steroid dienone is 4. The molecule has 1 aliphatic carbocycles. The molecule has 0 unspecified atom stereocenters. The van der Waals surface area contributed by atoms with Gasteiger partial charge in [-0.2, -0.15) is 6.08 Å². The van der Waals surface area contributed by atoms with Crippen molar-refractivity contribution in [3.05, 3.63) is 60.9 Å². The van der Waals surface area contributed by atoms with Crippen LogP contribution in [0.3, 0.4) is 0 Å². The minimum atomic E-state index is 0. The number of hydrogen-bond acceptors (Lipinski definition) is 1. The molecule has 0 saturated heterocycles. The Hall–Kier alpha value is 0.154. The van der Waals surface area contributed by atoms with Gasteiger partial charge in [-0.1, -0.05) is 104 Å². The topological polar surface area (TPSA) is 3.24 Å². The third kappa shape index (κ3) is 39.7. The summed E-state index contributed by atoms with van der Waals surface area (Å²) in [5.74, 6) is 0. The molecule has 0 N–H and O–H groups in total. The zero-order valence-corrected chi connectivity index (χ0v) is 25.6. The van der Waals surface area contributed by atoms with Gasteiger partial charge in [0.1, 0.15) is 0 Å². The van der Waals surface area contributed by atoms with E-state index in [2.05, 4.69) is 37.8 Å². The Morgan fingerprint density at radius 2 is 1.00 bits per heavy atom. The summed E-state index contributed by atoms with van der Waals surface area (Å²) >= 11 is 0. The summed E-state index contributed by atoms with van der Waals surface area (Å²) in [5, 5.41) is 0. The summed E-state index contributed by atoms with van der Waals surface area (Å²) in [7, 11) is 0. The first-order valence-electron chi connectivity index (χ1n) is 12.6. The molecular weight excluding hydrogens is 434 g/mol. The molecule has 1 rings (SSSR count). The van der Waals surface area contributed by atoms with Crippen LogP contribution in [0.4, 0.5) is 0 Å². The number of hydrogen-bond donors (Lipinski definition) is 0. The largest absolute Gasteiger partial charge is 0.358 e.